The Morgan fingerprint density at radius 3 is 2.31 bits per heavy atom. The summed E-state index contributed by atoms with van der Waals surface area (Å²) in [5, 5.41) is 3.36. The molecular formula is C26H32F3N3O3. The Kier molecular flexibility index (Phi) is 6.18. The zero-order valence-electron chi connectivity index (χ0n) is 19.9. The van der Waals surface area contributed by atoms with E-state index in [1.165, 1.54) is 23.5 Å². The van der Waals surface area contributed by atoms with Crippen molar-refractivity contribution >= 4 is 17.7 Å². The highest BCUT2D eigenvalue weighted by molar-refractivity contribution is 6.10. The van der Waals surface area contributed by atoms with Crippen LogP contribution in [0.25, 0.3) is 0 Å². The molecule has 4 fully saturated rings. The van der Waals surface area contributed by atoms with Crippen molar-refractivity contribution in [3.05, 3.63) is 35.4 Å². The molecule has 4 atom stereocenters. The number of halogens is 3. The van der Waals surface area contributed by atoms with Crippen LogP contribution in [0.4, 0.5) is 13.2 Å². The fourth-order valence-electron chi connectivity index (χ4n) is 6.86. The van der Waals surface area contributed by atoms with Gasteiger partial charge in [-0.3, -0.25) is 24.6 Å². The zero-order valence-corrected chi connectivity index (χ0v) is 19.9. The minimum atomic E-state index is -4.47. The third-order valence-corrected chi connectivity index (χ3v) is 8.53. The van der Waals surface area contributed by atoms with Crippen molar-refractivity contribution in [2.75, 3.05) is 19.6 Å². The molecule has 5 rings (SSSR count). The number of imide groups is 1. The molecule has 1 aromatic rings. The van der Waals surface area contributed by atoms with Gasteiger partial charge in [0.05, 0.1) is 17.4 Å². The Bertz CT molecular complexity index is 1010. The van der Waals surface area contributed by atoms with Gasteiger partial charge in [-0.1, -0.05) is 31.4 Å². The summed E-state index contributed by atoms with van der Waals surface area (Å²) < 4.78 is 39.4. The van der Waals surface area contributed by atoms with E-state index in [4.69, 9.17) is 0 Å². The van der Waals surface area contributed by atoms with Gasteiger partial charge in [-0.25, -0.2) is 0 Å². The molecule has 1 saturated carbocycles. The SMILES string of the molecule is CCN1C(=O)[C@H]2[C@@H](c3ccc(C(F)(F)F)cc3)N[C@]3(CCCN(CC4CCCCC4)C3=O)[C@H]2C1=O. The van der Waals surface area contributed by atoms with Gasteiger partial charge >= 0.3 is 6.18 Å². The number of benzene rings is 1. The van der Waals surface area contributed by atoms with E-state index < -0.39 is 35.2 Å². The van der Waals surface area contributed by atoms with Crippen molar-refractivity contribution in [2.24, 2.45) is 17.8 Å². The Balaban J connectivity index is 1.49. The van der Waals surface area contributed by atoms with Crippen LogP contribution in [0.15, 0.2) is 24.3 Å². The number of nitrogens with one attached hydrogen (secondary N) is 1. The molecule has 3 heterocycles. The second kappa shape index (κ2) is 8.91. The number of likely N-dealkylation sites (tertiary alicyclic amines) is 2. The minimum absolute atomic E-state index is 0.141. The topological polar surface area (TPSA) is 69.7 Å². The summed E-state index contributed by atoms with van der Waals surface area (Å²) in [6.07, 6.45) is 2.39. The molecule has 0 radical (unpaired) electrons. The van der Waals surface area contributed by atoms with Crippen LogP contribution >= 0.6 is 0 Å². The monoisotopic (exact) mass is 491 g/mol. The molecule has 4 aliphatic rings. The maximum Gasteiger partial charge on any atom is 0.416 e. The zero-order chi connectivity index (χ0) is 25.0. The Hall–Kier alpha value is -2.42. The number of hydrogen-bond acceptors (Lipinski definition) is 4. The summed E-state index contributed by atoms with van der Waals surface area (Å²) in [5.41, 5.74) is -1.50. The van der Waals surface area contributed by atoms with Gasteiger partial charge in [0.2, 0.25) is 17.7 Å². The molecular weight excluding hydrogens is 459 g/mol. The van der Waals surface area contributed by atoms with E-state index in [2.05, 4.69) is 5.32 Å². The maximum atomic E-state index is 14.0. The molecule has 3 amide bonds. The molecule has 3 aliphatic heterocycles. The van der Waals surface area contributed by atoms with Crippen LogP contribution in [0, 0.1) is 17.8 Å². The standard InChI is InChI=1S/C26H32F3N3O3/c1-2-32-22(33)19-20(23(32)34)25(30-21(19)17-9-11-18(12-10-17)26(27,28)29)13-6-14-31(24(25)35)15-16-7-4-3-5-8-16/h9-12,16,19-21,30H,2-8,13-15H2,1H3/t19-,20-,21-,25-/m1/s1. The maximum absolute atomic E-state index is 14.0. The number of alkyl halides is 3. The first kappa shape index (κ1) is 24.3. The smallest absolute Gasteiger partial charge is 0.341 e. The number of carbonyl (C=O) groups excluding carboxylic acids is 3. The summed E-state index contributed by atoms with van der Waals surface area (Å²) in [5.74, 6) is -2.05. The molecule has 9 heteroatoms. The quantitative estimate of drug-likeness (QED) is 0.649. The van der Waals surface area contributed by atoms with E-state index in [-0.39, 0.29) is 24.3 Å². The molecule has 0 aromatic heterocycles. The van der Waals surface area contributed by atoms with Crippen molar-refractivity contribution in [1.82, 2.24) is 15.1 Å². The van der Waals surface area contributed by atoms with Crippen LogP contribution in [0.1, 0.15) is 69.0 Å². The lowest BCUT2D eigenvalue weighted by atomic mass is 9.74. The van der Waals surface area contributed by atoms with Crippen molar-refractivity contribution in [2.45, 2.75) is 69.6 Å². The van der Waals surface area contributed by atoms with E-state index in [0.29, 0.717) is 37.4 Å². The van der Waals surface area contributed by atoms with Gasteiger partial charge in [0.25, 0.3) is 0 Å². The fourth-order valence-corrected chi connectivity index (χ4v) is 6.86. The summed E-state index contributed by atoms with van der Waals surface area (Å²) in [6.45, 7) is 3.22. The summed E-state index contributed by atoms with van der Waals surface area (Å²) in [4.78, 5) is 43.9. The lowest BCUT2D eigenvalue weighted by molar-refractivity contribution is -0.150. The normalized spacial score (nSPS) is 32.1. The first-order valence-electron chi connectivity index (χ1n) is 12.8. The Labute approximate surface area is 203 Å². The predicted molar refractivity (Wildman–Crippen MR) is 122 cm³/mol. The van der Waals surface area contributed by atoms with Crippen molar-refractivity contribution in [3.63, 3.8) is 0 Å². The van der Waals surface area contributed by atoms with E-state index >= 15 is 0 Å². The molecule has 190 valence electrons. The van der Waals surface area contributed by atoms with Crippen LogP contribution in [-0.2, 0) is 20.6 Å². The summed E-state index contributed by atoms with van der Waals surface area (Å²) in [6, 6.07) is 4.00. The van der Waals surface area contributed by atoms with Gasteiger partial charge in [-0.15, -0.1) is 0 Å². The first-order chi connectivity index (χ1) is 16.7. The molecule has 1 N–H and O–H groups in total. The summed E-state index contributed by atoms with van der Waals surface area (Å²) in [7, 11) is 0. The van der Waals surface area contributed by atoms with Crippen LogP contribution in [0.2, 0.25) is 0 Å². The van der Waals surface area contributed by atoms with Gasteiger partial charge in [0.1, 0.15) is 5.54 Å². The molecule has 3 saturated heterocycles. The number of hydrogen-bond donors (Lipinski definition) is 1. The molecule has 35 heavy (non-hydrogen) atoms. The molecule has 1 aromatic carbocycles. The Morgan fingerprint density at radius 1 is 1.00 bits per heavy atom. The summed E-state index contributed by atoms with van der Waals surface area (Å²) >= 11 is 0. The third kappa shape index (κ3) is 3.96. The second-order valence-corrected chi connectivity index (χ2v) is 10.5. The predicted octanol–water partition coefficient (Wildman–Crippen LogP) is 3.91. The van der Waals surface area contributed by atoms with E-state index in [1.54, 1.807) is 6.92 Å². The van der Waals surface area contributed by atoms with Crippen LogP contribution in [0.5, 0.6) is 0 Å². The molecule has 1 aliphatic carbocycles. The molecule has 6 nitrogen and oxygen atoms in total. The number of amides is 3. The van der Waals surface area contributed by atoms with Crippen molar-refractivity contribution < 1.29 is 27.6 Å². The number of fused-ring (bicyclic) bond motifs is 2. The highest BCUT2D eigenvalue weighted by Crippen LogP contribution is 2.52. The minimum Gasteiger partial charge on any atom is -0.341 e. The highest BCUT2D eigenvalue weighted by Gasteiger charge is 2.68. The Morgan fingerprint density at radius 2 is 1.69 bits per heavy atom. The number of nitrogens with zero attached hydrogens (tertiary/aromatic N) is 2. The number of carbonyl (C=O) groups is 3. The molecule has 0 bridgehead atoms. The number of rotatable bonds is 4. The van der Waals surface area contributed by atoms with E-state index in [9.17, 15) is 27.6 Å². The lowest BCUT2D eigenvalue weighted by Crippen LogP contribution is -2.64. The van der Waals surface area contributed by atoms with Gasteiger partial charge in [0.15, 0.2) is 0 Å². The lowest BCUT2D eigenvalue weighted by Gasteiger charge is -2.43. The van der Waals surface area contributed by atoms with Gasteiger partial charge in [-0.05, 0) is 56.2 Å². The van der Waals surface area contributed by atoms with Gasteiger partial charge in [0, 0.05) is 25.7 Å². The van der Waals surface area contributed by atoms with E-state index in [1.807, 2.05) is 4.90 Å². The highest BCUT2D eigenvalue weighted by atomic mass is 19.4. The molecule has 0 unspecified atom stereocenters. The van der Waals surface area contributed by atoms with E-state index in [0.717, 1.165) is 37.8 Å². The molecule has 1 spiro atoms. The van der Waals surface area contributed by atoms with Crippen molar-refractivity contribution in [1.29, 1.82) is 0 Å². The second-order valence-electron chi connectivity index (χ2n) is 10.5. The first-order valence-corrected chi connectivity index (χ1v) is 12.8. The van der Waals surface area contributed by atoms with Crippen LogP contribution in [-0.4, -0.2) is 52.7 Å². The van der Waals surface area contributed by atoms with Crippen LogP contribution in [0.3, 0.4) is 0 Å². The average molecular weight is 492 g/mol. The average Bonchev–Trinajstić information content (AvgIpc) is 3.31. The van der Waals surface area contributed by atoms with Crippen molar-refractivity contribution in [3.8, 4) is 0 Å². The number of piperidine rings is 1. The van der Waals surface area contributed by atoms with Gasteiger partial charge in [-0.2, -0.15) is 13.2 Å². The third-order valence-electron chi connectivity index (χ3n) is 8.53. The van der Waals surface area contributed by atoms with Crippen LogP contribution < -0.4 is 5.32 Å². The fraction of sp³-hybridized carbons (Fsp3) is 0.654. The largest absolute Gasteiger partial charge is 0.416 e. The van der Waals surface area contributed by atoms with Gasteiger partial charge < -0.3 is 4.90 Å².